The number of nitrogens with one attached hydrogen (secondary N) is 1. The van der Waals surface area contributed by atoms with Crippen LogP contribution in [-0.4, -0.2) is 26.2 Å². The van der Waals surface area contributed by atoms with E-state index in [1.165, 1.54) is 5.56 Å². The van der Waals surface area contributed by atoms with Crippen molar-refractivity contribution in [1.82, 2.24) is 0 Å². The minimum absolute atomic E-state index is 0.0998. The summed E-state index contributed by atoms with van der Waals surface area (Å²) in [6.07, 6.45) is 0. The molecule has 3 nitrogen and oxygen atoms in total. The van der Waals surface area contributed by atoms with Crippen LogP contribution in [0, 0.1) is 0 Å². The minimum Gasteiger partial charge on any atom is -0.356 e. The number of fused-ring (bicyclic) bond motifs is 1. The Balaban J connectivity index is 1.50. The molecule has 0 aliphatic carbocycles. The molecular weight excluding hydrogens is 352 g/mol. The van der Waals surface area contributed by atoms with Crippen LogP contribution in [0.25, 0.3) is 10.1 Å². The largest absolute Gasteiger partial charge is 0.356 e. The van der Waals surface area contributed by atoms with Crippen molar-refractivity contribution in [2.24, 2.45) is 0 Å². The van der Waals surface area contributed by atoms with Crippen molar-refractivity contribution in [2.45, 2.75) is 6.54 Å². The number of rotatable bonds is 3. The molecule has 2 heterocycles. The quantitative estimate of drug-likeness (QED) is 0.765. The number of piperazine rings is 1. The Morgan fingerprint density at radius 1 is 1.08 bits per heavy atom. The molecule has 25 heavy (non-hydrogen) atoms. The Morgan fingerprint density at radius 2 is 1.84 bits per heavy atom. The van der Waals surface area contributed by atoms with E-state index in [1.54, 1.807) is 22.3 Å². The standard InChI is InChI=1S/C20H19ClN2OS/c21-16-6-7-19-17(12-16)20(24)18(14-25-19)23-10-8-22(9-11-23)13-15-4-2-1-3-5-15/h1-7,12,14H,8-11,13H2/p+1. The van der Waals surface area contributed by atoms with Crippen LogP contribution in [-0.2, 0) is 6.54 Å². The summed E-state index contributed by atoms with van der Waals surface area (Å²) in [6.45, 7) is 4.97. The molecule has 1 fully saturated rings. The van der Waals surface area contributed by atoms with E-state index < -0.39 is 0 Å². The van der Waals surface area contributed by atoms with Gasteiger partial charge in [-0.2, -0.15) is 0 Å². The maximum absolute atomic E-state index is 12.9. The number of halogens is 1. The lowest BCUT2D eigenvalue weighted by Gasteiger charge is -2.33. The molecule has 1 N–H and O–H groups in total. The SMILES string of the molecule is O=c1c(N2CC[NH+](Cc3ccccc3)CC2)csc2ccc(Cl)cc12. The highest BCUT2D eigenvalue weighted by atomic mass is 35.5. The number of benzene rings is 2. The van der Waals surface area contributed by atoms with E-state index in [4.69, 9.17) is 11.6 Å². The summed E-state index contributed by atoms with van der Waals surface area (Å²) < 4.78 is 0.992. The summed E-state index contributed by atoms with van der Waals surface area (Å²) in [5.41, 5.74) is 2.29. The van der Waals surface area contributed by atoms with E-state index in [2.05, 4.69) is 35.2 Å². The average Bonchev–Trinajstić information content (AvgIpc) is 2.64. The second-order valence-corrected chi connectivity index (χ2v) is 7.84. The predicted octanol–water partition coefficient (Wildman–Crippen LogP) is 2.82. The summed E-state index contributed by atoms with van der Waals surface area (Å²) in [6, 6.07) is 16.2. The second-order valence-electron chi connectivity index (χ2n) is 6.49. The first-order valence-corrected chi connectivity index (χ1v) is 9.80. The normalized spacial score (nSPS) is 15.6. The van der Waals surface area contributed by atoms with Crippen molar-refractivity contribution in [1.29, 1.82) is 0 Å². The van der Waals surface area contributed by atoms with Gasteiger partial charge in [0.1, 0.15) is 6.54 Å². The van der Waals surface area contributed by atoms with Crippen molar-refractivity contribution < 1.29 is 4.90 Å². The van der Waals surface area contributed by atoms with Crippen LogP contribution in [0.1, 0.15) is 5.56 Å². The number of nitrogens with zero attached hydrogens (tertiary/aromatic N) is 1. The van der Waals surface area contributed by atoms with Gasteiger partial charge in [0.15, 0.2) is 0 Å². The van der Waals surface area contributed by atoms with Crippen LogP contribution in [0.3, 0.4) is 0 Å². The average molecular weight is 372 g/mol. The van der Waals surface area contributed by atoms with Crippen molar-refractivity contribution >= 4 is 38.7 Å². The Kier molecular flexibility index (Phi) is 4.75. The third-order valence-corrected chi connectivity index (χ3v) is 6.01. The van der Waals surface area contributed by atoms with Crippen LogP contribution in [0.15, 0.2) is 58.7 Å². The number of hydrogen-bond acceptors (Lipinski definition) is 3. The van der Waals surface area contributed by atoms with E-state index >= 15 is 0 Å². The molecule has 0 atom stereocenters. The van der Waals surface area contributed by atoms with E-state index in [-0.39, 0.29) is 5.43 Å². The molecule has 0 radical (unpaired) electrons. The molecule has 0 bridgehead atoms. The molecular formula is C20H20ClN2OS+. The zero-order valence-electron chi connectivity index (χ0n) is 13.9. The summed E-state index contributed by atoms with van der Waals surface area (Å²) in [5, 5.41) is 3.35. The molecule has 1 aliphatic heterocycles. The van der Waals surface area contributed by atoms with Gasteiger partial charge in [0.2, 0.25) is 5.43 Å². The Hall–Kier alpha value is -1.88. The van der Waals surface area contributed by atoms with E-state index in [0.717, 1.165) is 48.5 Å². The maximum Gasteiger partial charge on any atom is 0.211 e. The first-order valence-electron chi connectivity index (χ1n) is 8.54. The first kappa shape index (κ1) is 16.6. The van der Waals surface area contributed by atoms with Crippen LogP contribution >= 0.6 is 22.9 Å². The van der Waals surface area contributed by atoms with Gasteiger partial charge in [-0.05, 0) is 18.2 Å². The van der Waals surface area contributed by atoms with Gasteiger partial charge < -0.3 is 9.80 Å². The predicted molar refractivity (Wildman–Crippen MR) is 106 cm³/mol. The molecule has 4 rings (SSSR count). The number of quaternary nitrogens is 1. The molecule has 128 valence electrons. The third kappa shape index (κ3) is 3.56. The fourth-order valence-electron chi connectivity index (χ4n) is 3.44. The van der Waals surface area contributed by atoms with Gasteiger partial charge in [0, 0.05) is 26.1 Å². The highest BCUT2D eigenvalue weighted by Gasteiger charge is 2.22. The number of hydrogen-bond donors (Lipinski definition) is 1. The van der Waals surface area contributed by atoms with Gasteiger partial charge in [0.25, 0.3) is 0 Å². The highest BCUT2D eigenvalue weighted by Crippen LogP contribution is 2.24. The first-order chi connectivity index (χ1) is 12.2. The van der Waals surface area contributed by atoms with Crippen LogP contribution in [0.4, 0.5) is 5.69 Å². The van der Waals surface area contributed by atoms with E-state index in [0.29, 0.717) is 5.02 Å². The van der Waals surface area contributed by atoms with Gasteiger partial charge in [-0.3, -0.25) is 4.79 Å². The van der Waals surface area contributed by atoms with Gasteiger partial charge >= 0.3 is 0 Å². The minimum atomic E-state index is 0.0998. The fraction of sp³-hybridized carbons (Fsp3) is 0.250. The smallest absolute Gasteiger partial charge is 0.211 e. The Labute approximate surface area is 156 Å². The van der Waals surface area contributed by atoms with Crippen LogP contribution in [0.5, 0.6) is 0 Å². The van der Waals surface area contributed by atoms with E-state index in [1.807, 2.05) is 17.5 Å². The number of anilines is 1. The van der Waals surface area contributed by atoms with Gasteiger partial charge in [0.05, 0.1) is 31.9 Å². The molecule has 0 spiro atoms. The van der Waals surface area contributed by atoms with Crippen molar-refractivity contribution in [3.8, 4) is 0 Å². The summed E-state index contributed by atoms with van der Waals surface area (Å²) in [5.74, 6) is 0. The molecule has 0 amide bonds. The van der Waals surface area contributed by atoms with Crippen LogP contribution < -0.4 is 15.2 Å². The molecule has 0 saturated carbocycles. The maximum atomic E-state index is 12.9. The van der Waals surface area contributed by atoms with Crippen LogP contribution in [0.2, 0.25) is 5.02 Å². The summed E-state index contributed by atoms with van der Waals surface area (Å²) in [4.78, 5) is 16.7. The van der Waals surface area contributed by atoms with Gasteiger partial charge in [-0.1, -0.05) is 41.9 Å². The summed E-state index contributed by atoms with van der Waals surface area (Å²) in [7, 11) is 0. The van der Waals surface area contributed by atoms with Gasteiger partial charge in [-0.15, -0.1) is 11.3 Å². The molecule has 2 aromatic carbocycles. The van der Waals surface area contributed by atoms with Crippen molar-refractivity contribution in [2.75, 3.05) is 31.1 Å². The third-order valence-electron chi connectivity index (χ3n) is 4.82. The molecule has 1 aliphatic rings. The second kappa shape index (κ2) is 7.16. The highest BCUT2D eigenvalue weighted by molar-refractivity contribution is 7.16. The van der Waals surface area contributed by atoms with Gasteiger partial charge in [-0.25, -0.2) is 0 Å². The Morgan fingerprint density at radius 3 is 2.60 bits per heavy atom. The lowest BCUT2D eigenvalue weighted by Crippen LogP contribution is -3.13. The zero-order chi connectivity index (χ0) is 17.2. The van der Waals surface area contributed by atoms with E-state index in [9.17, 15) is 4.79 Å². The monoisotopic (exact) mass is 371 g/mol. The lowest BCUT2D eigenvalue weighted by molar-refractivity contribution is -0.914. The van der Waals surface area contributed by atoms with Crippen molar-refractivity contribution in [3.05, 3.63) is 74.7 Å². The Bertz CT molecular complexity index is 933. The molecule has 3 aromatic rings. The summed E-state index contributed by atoms with van der Waals surface area (Å²) >= 11 is 7.69. The lowest BCUT2D eigenvalue weighted by atomic mass is 10.2. The van der Waals surface area contributed by atoms with Crippen molar-refractivity contribution in [3.63, 3.8) is 0 Å². The molecule has 1 aromatic heterocycles. The molecule has 1 saturated heterocycles. The fourth-order valence-corrected chi connectivity index (χ4v) is 4.53. The molecule has 0 unspecified atom stereocenters. The zero-order valence-corrected chi connectivity index (χ0v) is 15.4. The topological polar surface area (TPSA) is 24.8 Å². The molecule has 5 heteroatoms.